The van der Waals surface area contributed by atoms with Gasteiger partial charge in [-0.15, -0.1) is 0 Å². The van der Waals surface area contributed by atoms with Gasteiger partial charge in [0.1, 0.15) is 5.82 Å². The molecule has 0 unspecified atom stereocenters. The smallest absolute Gasteiger partial charge is 0.262 e. The molecule has 180 valence electrons. The van der Waals surface area contributed by atoms with Crippen LogP contribution in [0.2, 0.25) is 0 Å². The van der Waals surface area contributed by atoms with Gasteiger partial charge in [0.25, 0.3) is 11.4 Å². The summed E-state index contributed by atoms with van der Waals surface area (Å²) in [5, 5.41) is 4.68. The first-order valence-corrected chi connectivity index (χ1v) is 12.6. The van der Waals surface area contributed by atoms with E-state index >= 15 is 0 Å². The van der Waals surface area contributed by atoms with Crippen molar-refractivity contribution in [2.75, 3.05) is 0 Å². The van der Waals surface area contributed by atoms with Gasteiger partial charge in [-0.05, 0) is 54.4 Å². The first-order chi connectivity index (χ1) is 18.1. The summed E-state index contributed by atoms with van der Waals surface area (Å²) < 4.78 is 8.23. The molecule has 0 saturated heterocycles. The van der Waals surface area contributed by atoms with Gasteiger partial charge in [0.2, 0.25) is 5.82 Å². The molecule has 4 aromatic carbocycles. The summed E-state index contributed by atoms with van der Waals surface area (Å²) >= 11 is 3.43. The van der Waals surface area contributed by atoms with Crippen LogP contribution >= 0.6 is 15.9 Å². The van der Waals surface area contributed by atoms with Crippen LogP contribution < -0.4 is 5.56 Å². The fraction of sp³-hybridized carbons (Fsp3) is 0.0667. The number of benzene rings is 4. The van der Waals surface area contributed by atoms with Crippen LogP contribution in [0.3, 0.4) is 0 Å². The molecule has 7 heteroatoms. The Labute approximate surface area is 221 Å². The van der Waals surface area contributed by atoms with E-state index in [-0.39, 0.29) is 11.6 Å². The number of rotatable bonds is 5. The summed E-state index contributed by atoms with van der Waals surface area (Å²) in [4.78, 5) is 23.3. The molecule has 6 rings (SSSR count). The van der Waals surface area contributed by atoms with Crippen LogP contribution in [-0.2, 0) is 0 Å². The molecule has 0 radical (unpaired) electrons. The average molecular weight is 549 g/mol. The van der Waals surface area contributed by atoms with Crippen LogP contribution in [0.4, 0.5) is 0 Å². The molecule has 37 heavy (non-hydrogen) atoms. The lowest BCUT2D eigenvalue weighted by Gasteiger charge is -2.23. The predicted octanol–water partition coefficient (Wildman–Crippen LogP) is 6.82. The minimum atomic E-state index is -0.294. The van der Waals surface area contributed by atoms with Gasteiger partial charge in [0.05, 0.1) is 16.9 Å². The van der Waals surface area contributed by atoms with Gasteiger partial charge >= 0.3 is 0 Å². The van der Waals surface area contributed by atoms with Crippen molar-refractivity contribution >= 4 is 26.8 Å². The largest absolute Gasteiger partial charge is 0.334 e. The minimum Gasteiger partial charge on any atom is -0.334 e. The fourth-order valence-corrected chi connectivity index (χ4v) is 4.83. The molecule has 6 nitrogen and oxygen atoms in total. The van der Waals surface area contributed by atoms with Crippen molar-refractivity contribution in [1.82, 2.24) is 19.7 Å². The van der Waals surface area contributed by atoms with Gasteiger partial charge in [-0.1, -0.05) is 87.8 Å². The maximum atomic E-state index is 13.9. The van der Waals surface area contributed by atoms with Gasteiger partial charge < -0.3 is 4.52 Å². The average Bonchev–Trinajstić information content (AvgIpc) is 3.42. The maximum absolute atomic E-state index is 13.9. The minimum absolute atomic E-state index is 0.101. The Morgan fingerprint density at radius 1 is 0.784 bits per heavy atom. The molecule has 0 bridgehead atoms. The molecular formula is C30H21BrN4O2. The summed E-state index contributed by atoms with van der Waals surface area (Å²) in [6.45, 7) is 1.87. The normalized spacial score (nSPS) is 11.3. The summed E-state index contributed by atoms with van der Waals surface area (Å²) in [5.41, 5.74) is 4.08. The van der Waals surface area contributed by atoms with E-state index in [4.69, 9.17) is 9.51 Å². The van der Waals surface area contributed by atoms with E-state index in [1.807, 2.05) is 104 Å². The predicted molar refractivity (Wildman–Crippen MR) is 147 cm³/mol. The molecule has 0 atom stereocenters. The van der Waals surface area contributed by atoms with E-state index in [9.17, 15) is 4.79 Å². The van der Waals surface area contributed by atoms with E-state index < -0.39 is 0 Å². The zero-order valence-corrected chi connectivity index (χ0v) is 21.5. The van der Waals surface area contributed by atoms with Crippen molar-refractivity contribution in [3.05, 3.63) is 135 Å². The summed E-state index contributed by atoms with van der Waals surface area (Å²) in [7, 11) is 0. The van der Waals surface area contributed by atoms with Crippen LogP contribution in [0, 0.1) is 6.92 Å². The molecule has 0 aliphatic carbocycles. The maximum Gasteiger partial charge on any atom is 0.262 e. The van der Waals surface area contributed by atoms with E-state index in [2.05, 4.69) is 26.1 Å². The second-order valence-corrected chi connectivity index (χ2v) is 9.64. The standard InChI is InChI=1S/C30H21BrN4O2/c1-19-32-26-18-23(28-33-29(37-34-28)22-12-15-24(31)16-13-22)14-17-25(26)30(36)35(19)27(20-8-4-2-5-9-20)21-10-6-3-7-11-21/h2-18,27H,1H3. The second-order valence-electron chi connectivity index (χ2n) is 8.72. The van der Waals surface area contributed by atoms with Crippen molar-refractivity contribution in [2.24, 2.45) is 0 Å². The van der Waals surface area contributed by atoms with Gasteiger partial charge in [0, 0.05) is 15.6 Å². The lowest BCUT2D eigenvalue weighted by molar-refractivity contribution is 0.432. The van der Waals surface area contributed by atoms with E-state index in [0.29, 0.717) is 28.4 Å². The molecule has 0 spiro atoms. The Morgan fingerprint density at radius 2 is 1.41 bits per heavy atom. The Kier molecular flexibility index (Phi) is 5.98. The van der Waals surface area contributed by atoms with Gasteiger partial charge in [-0.3, -0.25) is 9.36 Å². The highest BCUT2D eigenvalue weighted by atomic mass is 79.9. The van der Waals surface area contributed by atoms with Crippen LogP contribution in [0.5, 0.6) is 0 Å². The van der Waals surface area contributed by atoms with Crippen molar-refractivity contribution in [3.63, 3.8) is 0 Å². The highest BCUT2D eigenvalue weighted by Gasteiger charge is 2.22. The lowest BCUT2D eigenvalue weighted by atomic mass is 9.98. The monoisotopic (exact) mass is 548 g/mol. The van der Waals surface area contributed by atoms with Gasteiger partial charge in [-0.2, -0.15) is 4.98 Å². The van der Waals surface area contributed by atoms with Crippen LogP contribution in [-0.4, -0.2) is 19.7 Å². The molecule has 0 aliphatic rings. The molecule has 0 N–H and O–H groups in total. The number of hydrogen-bond acceptors (Lipinski definition) is 5. The number of hydrogen-bond donors (Lipinski definition) is 0. The highest BCUT2D eigenvalue weighted by Crippen LogP contribution is 2.29. The highest BCUT2D eigenvalue weighted by molar-refractivity contribution is 9.10. The molecule has 6 aromatic rings. The van der Waals surface area contributed by atoms with Gasteiger partial charge in [0.15, 0.2) is 0 Å². The summed E-state index contributed by atoms with van der Waals surface area (Å²) in [6.07, 6.45) is 0. The second kappa shape index (κ2) is 9.59. The number of halogens is 1. The fourth-order valence-electron chi connectivity index (χ4n) is 4.56. The summed E-state index contributed by atoms with van der Waals surface area (Å²) in [5.74, 6) is 1.49. The first kappa shape index (κ1) is 23.1. The third-order valence-corrected chi connectivity index (χ3v) is 6.87. The van der Waals surface area contributed by atoms with E-state index in [1.54, 1.807) is 10.6 Å². The number of aryl methyl sites for hydroxylation is 1. The molecule has 0 amide bonds. The zero-order valence-electron chi connectivity index (χ0n) is 19.9. The third-order valence-electron chi connectivity index (χ3n) is 6.34. The Bertz CT molecular complexity index is 1720. The SMILES string of the molecule is Cc1nc2cc(-c3noc(-c4ccc(Br)cc4)n3)ccc2c(=O)n1C(c1ccccc1)c1ccccc1. The molecule has 0 fully saturated rings. The van der Waals surface area contributed by atoms with Crippen molar-refractivity contribution < 1.29 is 4.52 Å². The first-order valence-electron chi connectivity index (χ1n) is 11.8. The zero-order chi connectivity index (χ0) is 25.4. The number of aromatic nitrogens is 4. The Hall–Kier alpha value is -4.36. The molecular weight excluding hydrogens is 528 g/mol. The number of fused-ring (bicyclic) bond motifs is 1. The van der Waals surface area contributed by atoms with E-state index in [1.165, 1.54) is 0 Å². The third kappa shape index (κ3) is 4.38. The van der Waals surface area contributed by atoms with Crippen molar-refractivity contribution in [3.8, 4) is 22.8 Å². The van der Waals surface area contributed by atoms with Crippen LogP contribution in [0.15, 0.2) is 117 Å². The Morgan fingerprint density at radius 3 is 2.05 bits per heavy atom. The van der Waals surface area contributed by atoms with Crippen molar-refractivity contribution in [2.45, 2.75) is 13.0 Å². The molecule has 0 saturated carbocycles. The van der Waals surface area contributed by atoms with Gasteiger partial charge in [-0.25, -0.2) is 4.98 Å². The van der Waals surface area contributed by atoms with Crippen LogP contribution in [0.25, 0.3) is 33.7 Å². The number of nitrogens with zero attached hydrogens (tertiary/aromatic N) is 4. The lowest BCUT2D eigenvalue weighted by Crippen LogP contribution is -2.29. The topological polar surface area (TPSA) is 73.8 Å². The molecule has 2 heterocycles. The van der Waals surface area contributed by atoms with Crippen molar-refractivity contribution in [1.29, 1.82) is 0 Å². The van der Waals surface area contributed by atoms with E-state index in [0.717, 1.165) is 26.7 Å². The summed E-state index contributed by atoms with van der Waals surface area (Å²) in [6, 6.07) is 32.9. The molecule has 2 aromatic heterocycles. The molecule has 0 aliphatic heterocycles. The Balaban J connectivity index is 1.45. The quantitative estimate of drug-likeness (QED) is 0.236. The van der Waals surface area contributed by atoms with Crippen LogP contribution in [0.1, 0.15) is 23.0 Å².